The van der Waals surface area contributed by atoms with Crippen molar-refractivity contribution in [3.8, 4) is 0 Å². The minimum atomic E-state index is -0.0431. The molecule has 0 unspecified atom stereocenters. The molecule has 0 aromatic carbocycles. The third-order valence-corrected chi connectivity index (χ3v) is 12.1. The summed E-state index contributed by atoms with van der Waals surface area (Å²) in [4.78, 5) is 0. The quantitative estimate of drug-likeness (QED) is 0.482. The van der Waals surface area contributed by atoms with Gasteiger partial charge in [0.2, 0.25) is 0 Å². The van der Waals surface area contributed by atoms with Crippen LogP contribution in [0.15, 0.2) is 0 Å². The van der Waals surface area contributed by atoms with E-state index < -0.39 is 0 Å². The zero-order valence-corrected chi connectivity index (χ0v) is 21.3. The fourth-order valence-corrected chi connectivity index (χ4v) is 9.75. The Labute approximate surface area is 188 Å². The van der Waals surface area contributed by atoms with Gasteiger partial charge in [0.05, 0.1) is 6.10 Å². The molecule has 0 aliphatic heterocycles. The first-order valence-corrected chi connectivity index (χ1v) is 13.8. The van der Waals surface area contributed by atoms with Gasteiger partial charge in [-0.25, -0.2) is 0 Å². The van der Waals surface area contributed by atoms with Crippen LogP contribution in [0.3, 0.4) is 0 Å². The first-order chi connectivity index (χ1) is 14.1. The topological polar surface area (TPSA) is 20.2 Å². The van der Waals surface area contributed by atoms with Crippen molar-refractivity contribution in [3.63, 3.8) is 0 Å². The molecule has 1 nitrogen and oxygen atoms in total. The second kappa shape index (κ2) is 8.39. The molecule has 1 N–H and O–H groups in total. The smallest absolute Gasteiger partial charge is 0.0568 e. The van der Waals surface area contributed by atoms with Crippen molar-refractivity contribution in [2.75, 3.05) is 0 Å². The van der Waals surface area contributed by atoms with Crippen LogP contribution in [0.1, 0.15) is 113 Å². The number of aliphatic hydroxyl groups excluding tert-OH is 1. The van der Waals surface area contributed by atoms with Crippen LogP contribution < -0.4 is 0 Å². The highest BCUT2D eigenvalue weighted by Crippen LogP contribution is 2.68. The van der Waals surface area contributed by atoms with Crippen molar-refractivity contribution in [3.05, 3.63) is 0 Å². The van der Waals surface area contributed by atoms with Gasteiger partial charge in [0, 0.05) is 0 Å². The van der Waals surface area contributed by atoms with Crippen molar-refractivity contribution in [1.82, 2.24) is 0 Å². The Balaban J connectivity index is 1.47. The van der Waals surface area contributed by atoms with Crippen LogP contribution in [0.4, 0.5) is 0 Å². The normalized spacial score (nSPS) is 50.5. The third-order valence-electron chi connectivity index (χ3n) is 12.1. The average molecular weight is 417 g/mol. The van der Waals surface area contributed by atoms with E-state index in [0.29, 0.717) is 16.7 Å². The second-order valence-electron chi connectivity index (χ2n) is 13.5. The monoisotopic (exact) mass is 416 g/mol. The number of rotatable bonds is 5. The van der Waals surface area contributed by atoms with Gasteiger partial charge in [-0.15, -0.1) is 0 Å². The number of hydrogen-bond acceptors (Lipinski definition) is 1. The van der Waals surface area contributed by atoms with E-state index in [1.54, 1.807) is 0 Å². The van der Waals surface area contributed by atoms with Gasteiger partial charge in [0.1, 0.15) is 0 Å². The van der Waals surface area contributed by atoms with Crippen LogP contribution >= 0.6 is 0 Å². The summed E-state index contributed by atoms with van der Waals surface area (Å²) in [7, 11) is 0. The van der Waals surface area contributed by atoms with E-state index in [4.69, 9.17) is 0 Å². The van der Waals surface area contributed by atoms with Gasteiger partial charge >= 0.3 is 0 Å². The van der Waals surface area contributed by atoms with Gasteiger partial charge in [-0.3, -0.25) is 0 Å². The molecule has 11 atom stereocenters. The molecule has 0 amide bonds. The van der Waals surface area contributed by atoms with E-state index in [-0.39, 0.29) is 6.10 Å². The molecular weight excluding hydrogens is 364 g/mol. The molecule has 0 aromatic heterocycles. The maximum absolute atomic E-state index is 10.5. The lowest BCUT2D eigenvalue weighted by Gasteiger charge is -2.62. The van der Waals surface area contributed by atoms with Gasteiger partial charge in [-0.2, -0.15) is 0 Å². The van der Waals surface area contributed by atoms with Crippen molar-refractivity contribution in [1.29, 1.82) is 0 Å². The summed E-state index contributed by atoms with van der Waals surface area (Å²) in [5.41, 5.74) is 1.10. The Morgan fingerprint density at radius 2 is 1.40 bits per heavy atom. The van der Waals surface area contributed by atoms with E-state index in [9.17, 15) is 5.11 Å². The van der Waals surface area contributed by atoms with Crippen molar-refractivity contribution < 1.29 is 5.11 Å². The molecule has 0 radical (unpaired) electrons. The molecule has 0 bridgehead atoms. The minimum Gasteiger partial charge on any atom is -0.393 e. The van der Waals surface area contributed by atoms with Crippen LogP contribution in [0.25, 0.3) is 0 Å². The average Bonchev–Trinajstić information content (AvgIpc) is 3.06. The first kappa shape index (κ1) is 23.1. The number of hydrogen-bond donors (Lipinski definition) is 1. The van der Waals surface area contributed by atoms with Gasteiger partial charge < -0.3 is 5.11 Å². The lowest BCUT2D eigenvalue weighted by molar-refractivity contribution is -0.149. The van der Waals surface area contributed by atoms with Crippen LogP contribution in [0, 0.1) is 64.1 Å². The lowest BCUT2D eigenvalue weighted by Crippen LogP contribution is -2.56. The fourth-order valence-electron chi connectivity index (χ4n) is 9.75. The molecule has 0 aromatic rings. The molecule has 30 heavy (non-hydrogen) atoms. The SMILES string of the molecule is CC(C)[C@H](C)CC[C@@H](C)[C@H]1CC[C@H]2[C@@H]3CC[C@H]4[C@H](C)[C@@H](O)CC[C@]4(C)[C@H]3CC[C@]12C. The number of aliphatic hydroxyl groups is 1. The van der Waals surface area contributed by atoms with E-state index in [1.165, 1.54) is 57.8 Å². The molecule has 4 rings (SSSR count). The molecule has 4 aliphatic carbocycles. The summed E-state index contributed by atoms with van der Waals surface area (Å²) < 4.78 is 0. The predicted molar refractivity (Wildman–Crippen MR) is 128 cm³/mol. The molecular formula is C29H52O. The Morgan fingerprint density at radius 1 is 0.767 bits per heavy atom. The van der Waals surface area contributed by atoms with Crippen LogP contribution in [-0.4, -0.2) is 11.2 Å². The van der Waals surface area contributed by atoms with E-state index in [2.05, 4.69) is 48.5 Å². The van der Waals surface area contributed by atoms with E-state index in [1.807, 2.05) is 0 Å². The Bertz CT molecular complexity index is 597. The Hall–Kier alpha value is -0.0400. The minimum absolute atomic E-state index is 0.0431. The Kier molecular flexibility index (Phi) is 6.47. The summed E-state index contributed by atoms with van der Waals surface area (Å²) in [6.45, 7) is 17.6. The van der Waals surface area contributed by atoms with Crippen molar-refractivity contribution in [2.45, 2.75) is 119 Å². The van der Waals surface area contributed by atoms with E-state index in [0.717, 1.165) is 53.8 Å². The van der Waals surface area contributed by atoms with Crippen molar-refractivity contribution >= 4 is 0 Å². The van der Waals surface area contributed by atoms with Crippen LogP contribution in [-0.2, 0) is 0 Å². The van der Waals surface area contributed by atoms with Crippen molar-refractivity contribution in [2.24, 2.45) is 64.1 Å². The summed E-state index contributed by atoms with van der Waals surface area (Å²) in [6, 6.07) is 0. The molecule has 4 fully saturated rings. The highest BCUT2D eigenvalue weighted by Gasteiger charge is 2.61. The number of fused-ring (bicyclic) bond motifs is 5. The van der Waals surface area contributed by atoms with Crippen LogP contribution in [0.2, 0.25) is 0 Å². The molecule has 174 valence electrons. The summed E-state index contributed by atoms with van der Waals surface area (Å²) in [5, 5.41) is 10.5. The summed E-state index contributed by atoms with van der Waals surface area (Å²) in [5.74, 6) is 7.70. The molecule has 0 saturated heterocycles. The lowest BCUT2D eigenvalue weighted by atomic mass is 9.43. The van der Waals surface area contributed by atoms with Gasteiger partial charge in [-0.05, 0) is 115 Å². The van der Waals surface area contributed by atoms with Gasteiger partial charge in [0.25, 0.3) is 0 Å². The molecule has 1 heteroatoms. The maximum Gasteiger partial charge on any atom is 0.0568 e. The third kappa shape index (κ3) is 3.62. The molecule has 0 spiro atoms. The molecule has 0 heterocycles. The zero-order valence-electron chi connectivity index (χ0n) is 21.3. The fraction of sp³-hybridized carbons (Fsp3) is 1.00. The summed E-state index contributed by atoms with van der Waals surface area (Å²) >= 11 is 0. The van der Waals surface area contributed by atoms with Gasteiger partial charge in [-0.1, -0.05) is 61.3 Å². The largest absolute Gasteiger partial charge is 0.393 e. The standard InChI is InChI=1S/C29H52O/c1-18(2)19(3)8-9-20(4)23-12-13-25-22-10-11-24-21(5)27(30)15-17-29(24,7)26(22)14-16-28(23,25)6/h18-27,30H,8-17H2,1-7H3/t19-,20-,21+,22+,23-,24+,25+,26+,27+,28-,29+/m1/s1. The molecule has 4 aliphatic rings. The highest BCUT2D eigenvalue weighted by atomic mass is 16.3. The zero-order chi connectivity index (χ0) is 21.8. The first-order valence-electron chi connectivity index (χ1n) is 13.8. The molecule has 4 saturated carbocycles. The highest BCUT2D eigenvalue weighted by molar-refractivity contribution is 5.10. The Morgan fingerprint density at radius 3 is 2.10 bits per heavy atom. The maximum atomic E-state index is 10.5. The van der Waals surface area contributed by atoms with Gasteiger partial charge in [0.15, 0.2) is 0 Å². The predicted octanol–water partition coefficient (Wildman–Crippen LogP) is 7.96. The summed E-state index contributed by atoms with van der Waals surface area (Å²) in [6.07, 6.45) is 13.9. The van der Waals surface area contributed by atoms with E-state index >= 15 is 0 Å². The van der Waals surface area contributed by atoms with Crippen LogP contribution in [0.5, 0.6) is 0 Å². The second-order valence-corrected chi connectivity index (χ2v) is 13.5.